The Morgan fingerprint density at radius 2 is 1.82 bits per heavy atom. The van der Waals surface area contributed by atoms with Crippen LogP contribution < -0.4 is 5.32 Å². The van der Waals surface area contributed by atoms with Crippen LogP contribution in [0, 0.1) is 0 Å². The number of rotatable bonds is 3. The molecule has 2 heteroatoms. The van der Waals surface area contributed by atoms with Crippen LogP contribution in [0.15, 0.2) is 42.5 Å². The van der Waals surface area contributed by atoms with Crippen molar-refractivity contribution in [3.05, 3.63) is 42.5 Å². The van der Waals surface area contributed by atoms with Crippen LogP contribution >= 0.6 is 0 Å². The number of anilines is 1. The predicted molar refractivity (Wildman–Crippen MR) is 71.4 cm³/mol. The van der Waals surface area contributed by atoms with Crippen LogP contribution in [-0.4, -0.2) is 19.3 Å². The molecule has 0 atom stereocenters. The normalized spacial score (nSPS) is 23.4. The fourth-order valence-corrected chi connectivity index (χ4v) is 2.39. The summed E-state index contributed by atoms with van der Waals surface area (Å²) in [6.07, 6.45) is 2.68. The third-order valence-corrected chi connectivity index (χ3v) is 3.55. The number of hydrogen-bond donors (Lipinski definition) is 1. The first-order chi connectivity index (χ1) is 8.35. The van der Waals surface area contributed by atoms with Gasteiger partial charge in [-0.15, -0.1) is 0 Å². The van der Waals surface area contributed by atoms with Gasteiger partial charge in [-0.25, -0.2) is 0 Å². The Kier molecular flexibility index (Phi) is 2.73. The first-order valence-electron chi connectivity index (χ1n) is 6.13. The van der Waals surface area contributed by atoms with Crippen LogP contribution in [0.1, 0.15) is 12.8 Å². The van der Waals surface area contributed by atoms with E-state index in [-0.39, 0.29) is 0 Å². The lowest BCUT2D eigenvalue weighted by Crippen LogP contribution is -2.40. The number of nitrogens with one attached hydrogen (secondary N) is 1. The largest absolute Gasteiger partial charge is 0.382 e. The van der Waals surface area contributed by atoms with Gasteiger partial charge < -0.3 is 10.1 Å². The van der Waals surface area contributed by atoms with Crippen LogP contribution in [0.25, 0.3) is 10.8 Å². The molecule has 1 saturated carbocycles. The molecule has 88 valence electrons. The van der Waals surface area contributed by atoms with Crippen molar-refractivity contribution in [3.8, 4) is 0 Å². The number of ether oxygens (including phenoxy) is 1. The van der Waals surface area contributed by atoms with Crippen molar-refractivity contribution < 1.29 is 4.74 Å². The van der Waals surface area contributed by atoms with E-state index < -0.39 is 0 Å². The second-order valence-corrected chi connectivity index (χ2v) is 4.73. The lowest BCUT2D eigenvalue weighted by Gasteiger charge is -2.35. The van der Waals surface area contributed by atoms with Gasteiger partial charge in [-0.3, -0.25) is 0 Å². The molecule has 1 N–H and O–H groups in total. The molecule has 0 bridgehead atoms. The van der Waals surface area contributed by atoms with Gasteiger partial charge in [0.15, 0.2) is 0 Å². The molecule has 2 aromatic rings. The molecular weight excluding hydrogens is 210 g/mol. The molecule has 1 aliphatic rings. The Labute approximate surface area is 102 Å². The maximum absolute atomic E-state index is 5.28. The minimum Gasteiger partial charge on any atom is -0.382 e. The minimum absolute atomic E-state index is 0.452. The molecule has 0 spiro atoms. The quantitative estimate of drug-likeness (QED) is 0.867. The second kappa shape index (κ2) is 4.38. The molecular formula is C15H17NO. The van der Waals surface area contributed by atoms with Gasteiger partial charge >= 0.3 is 0 Å². The Hall–Kier alpha value is -1.54. The average molecular weight is 227 g/mol. The highest BCUT2D eigenvalue weighted by Crippen LogP contribution is 2.27. The lowest BCUT2D eigenvalue weighted by atomic mass is 9.89. The number of hydrogen-bond acceptors (Lipinski definition) is 2. The van der Waals surface area contributed by atoms with E-state index in [0.717, 1.165) is 12.8 Å². The molecule has 0 amide bonds. The Bertz CT molecular complexity index is 517. The van der Waals surface area contributed by atoms with Crippen LogP contribution in [0.2, 0.25) is 0 Å². The van der Waals surface area contributed by atoms with E-state index in [1.807, 2.05) is 0 Å². The lowest BCUT2D eigenvalue weighted by molar-refractivity contribution is 0.0329. The summed E-state index contributed by atoms with van der Waals surface area (Å²) in [7, 11) is 1.79. The van der Waals surface area contributed by atoms with E-state index in [0.29, 0.717) is 12.1 Å². The van der Waals surface area contributed by atoms with Crippen LogP contribution in [0.5, 0.6) is 0 Å². The summed E-state index contributed by atoms with van der Waals surface area (Å²) in [6, 6.07) is 15.6. The molecule has 17 heavy (non-hydrogen) atoms. The van der Waals surface area contributed by atoms with Crippen molar-refractivity contribution in [1.82, 2.24) is 0 Å². The zero-order valence-corrected chi connectivity index (χ0v) is 10.0. The summed E-state index contributed by atoms with van der Waals surface area (Å²) < 4.78 is 5.28. The van der Waals surface area contributed by atoms with Crippen molar-refractivity contribution in [3.63, 3.8) is 0 Å². The molecule has 2 aromatic carbocycles. The third kappa shape index (κ3) is 2.13. The summed E-state index contributed by atoms with van der Waals surface area (Å²) in [6.45, 7) is 0. The van der Waals surface area contributed by atoms with E-state index in [4.69, 9.17) is 4.74 Å². The molecule has 0 aromatic heterocycles. The molecule has 0 aliphatic heterocycles. The van der Waals surface area contributed by atoms with Crippen molar-refractivity contribution in [2.75, 3.05) is 12.4 Å². The fourth-order valence-electron chi connectivity index (χ4n) is 2.39. The van der Waals surface area contributed by atoms with Crippen LogP contribution in [0.3, 0.4) is 0 Å². The molecule has 0 saturated heterocycles. The van der Waals surface area contributed by atoms with Gasteiger partial charge in [0.25, 0.3) is 0 Å². The predicted octanol–water partition coefficient (Wildman–Crippen LogP) is 3.43. The summed E-state index contributed by atoms with van der Waals surface area (Å²) >= 11 is 0. The molecule has 0 heterocycles. The smallest absolute Gasteiger partial charge is 0.0610 e. The molecule has 0 unspecified atom stereocenters. The van der Waals surface area contributed by atoms with Crippen molar-refractivity contribution in [2.24, 2.45) is 0 Å². The Morgan fingerprint density at radius 1 is 1.06 bits per heavy atom. The number of methoxy groups -OCH3 is 1. The monoisotopic (exact) mass is 227 g/mol. The average Bonchev–Trinajstić information content (AvgIpc) is 2.33. The maximum Gasteiger partial charge on any atom is 0.0610 e. The van der Waals surface area contributed by atoms with E-state index in [2.05, 4.69) is 47.8 Å². The molecule has 2 nitrogen and oxygen atoms in total. The van der Waals surface area contributed by atoms with Crippen molar-refractivity contribution in [1.29, 1.82) is 0 Å². The van der Waals surface area contributed by atoms with Crippen LogP contribution in [0.4, 0.5) is 5.69 Å². The fraction of sp³-hybridized carbons (Fsp3) is 0.333. The van der Waals surface area contributed by atoms with Gasteiger partial charge in [0.1, 0.15) is 0 Å². The van der Waals surface area contributed by atoms with E-state index in [1.165, 1.54) is 16.5 Å². The summed E-state index contributed by atoms with van der Waals surface area (Å²) in [5.41, 5.74) is 1.21. The van der Waals surface area contributed by atoms with E-state index >= 15 is 0 Å². The molecule has 3 rings (SSSR count). The van der Waals surface area contributed by atoms with Crippen molar-refractivity contribution in [2.45, 2.75) is 25.0 Å². The summed E-state index contributed by atoms with van der Waals surface area (Å²) in [5, 5.41) is 6.14. The number of fused-ring (bicyclic) bond motifs is 1. The SMILES string of the molecule is COC1CC(Nc2ccc3ccccc3c2)C1. The summed E-state index contributed by atoms with van der Waals surface area (Å²) in [5.74, 6) is 0. The Balaban J connectivity index is 1.73. The maximum atomic E-state index is 5.28. The van der Waals surface area contributed by atoms with E-state index in [1.54, 1.807) is 7.11 Å². The highest BCUT2D eigenvalue weighted by Gasteiger charge is 2.28. The molecule has 0 radical (unpaired) electrons. The topological polar surface area (TPSA) is 21.3 Å². The van der Waals surface area contributed by atoms with Gasteiger partial charge in [0.05, 0.1) is 6.10 Å². The van der Waals surface area contributed by atoms with Gasteiger partial charge in [-0.1, -0.05) is 30.3 Å². The molecule has 1 fully saturated rings. The first-order valence-corrected chi connectivity index (χ1v) is 6.13. The highest BCUT2D eigenvalue weighted by molar-refractivity contribution is 5.85. The zero-order chi connectivity index (χ0) is 11.7. The first kappa shape index (κ1) is 10.6. The van der Waals surface area contributed by atoms with Gasteiger partial charge in [-0.2, -0.15) is 0 Å². The van der Waals surface area contributed by atoms with Gasteiger partial charge in [-0.05, 0) is 35.7 Å². The highest BCUT2D eigenvalue weighted by atomic mass is 16.5. The zero-order valence-electron chi connectivity index (χ0n) is 10.0. The third-order valence-electron chi connectivity index (χ3n) is 3.55. The van der Waals surface area contributed by atoms with Crippen LogP contribution in [-0.2, 0) is 4.74 Å². The summed E-state index contributed by atoms with van der Waals surface area (Å²) in [4.78, 5) is 0. The van der Waals surface area contributed by atoms with Crippen molar-refractivity contribution >= 4 is 16.5 Å². The minimum atomic E-state index is 0.452. The molecule has 1 aliphatic carbocycles. The second-order valence-electron chi connectivity index (χ2n) is 4.73. The number of benzene rings is 2. The standard InChI is InChI=1S/C15H17NO/c1-17-15-9-14(10-15)16-13-7-6-11-4-2-3-5-12(11)8-13/h2-8,14-16H,9-10H2,1H3. The van der Waals surface area contributed by atoms with Gasteiger partial charge in [0.2, 0.25) is 0 Å². The van der Waals surface area contributed by atoms with E-state index in [9.17, 15) is 0 Å². The van der Waals surface area contributed by atoms with Gasteiger partial charge in [0, 0.05) is 18.8 Å². The Morgan fingerprint density at radius 3 is 2.59 bits per heavy atom.